The quantitative estimate of drug-likeness (QED) is 0.367. The van der Waals surface area contributed by atoms with Gasteiger partial charge in [-0.15, -0.1) is 0 Å². The summed E-state index contributed by atoms with van der Waals surface area (Å²) in [5.74, 6) is 3.08. The van der Waals surface area contributed by atoms with E-state index in [0.29, 0.717) is 41.7 Å². The van der Waals surface area contributed by atoms with Crippen molar-refractivity contribution in [1.29, 1.82) is 0 Å². The van der Waals surface area contributed by atoms with E-state index >= 15 is 0 Å². The summed E-state index contributed by atoms with van der Waals surface area (Å²) < 4.78 is 4.79. The molecule has 0 aromatic heterocycles. The van der Waals surface area contributed by atoms with Gasteiger partial charge in [-0.2, -0.15) is 0 Å². The number of rotatable bonds is 8. The molecule has 0 aromatic carbocycles. The van der Waals surface area contributed by atoms with Gasteiger partial charge in [-0.3, -0.25) is 9.59 Å². The Labute approximate surface area is 166 Å². The van der Waals surface area contributed by atoms with Crippen LogP contribution in [0.2, 0.25) is 0 Å². The van der Waals surface area contributed by atoms with Crippen LogP contribution in [0.25, 0.3) is 0 Å². The maximum Gasteiger partial charge on any atom is 0.309 e. The van der Waals surface area contributed by atoms with Gasteiger partial charge in [0.25, 0.3) is 0 Å². The van der Waals surface area contributed by atoms with Gasteiger partial charge in [0.1, 0.15) is 5.82 Å². The average Bonchev–Trinajstić information content (AvgIpc) is 3.50. The van der Waals surface area contributed by atoms with Crippen molar-refractivity contribution in [2.45, 2.75) is 32.1 Å². The van der Waals surface area contributed by atoms with E-state index < -0.39 is 0 Å². The number of hydrogen-bond acceptors (Lipinski definition) is 6. The number of nitrogens with zero attached hydrogens (tertiary/aromatic N) is 3. The molecule has 0 radical (unpaired) electrons. The molecule has 6 nitrogen and oxygen atoms in total. The zero-order valence-corrected chi connectivity index (χ0v) is 16.6. The molecule has 1 fully saturated rings. The fourth-order valence-electron chi connectivity index (χ4n) is 4.06. The van der Waals surface area contributed by atoms with Crippen LogP contribution in [0.1, 0.15) is 32.1 Å². The van der Waals surface area contributed by atoms with Crippen molar-refractivity contribution < 1.29 is 14.3 Å². The lowest BCUT2D eigenvalue weighted by Crippen LogP contribution is -2.31. The van der Waals surface area contributed by atoms with E-state index in [4.69, 9.17) is 4.74 Å². The highest BCUT2D eigenvalue weighted by Gasteiger charge is 2.46. The van der Waals surface area contributed by atoms with Crippen LogP contribution < -0.4 is 0 Å². The van der Waals surface area contributed by atoms with E-state index in [-0.39, 0.29) is 5.97 Å². The average molecular weight is 381 g/mol. The van der Waals surface area contributed by atoms with Gasteiger partial charge in [0.2, 0.25) is 0 Å². The molecule has 0 spiro atoms. The Balaban J connectivity index is 1.61. The van der Waals surface area contributed by atoms with Crippen LogP contribution in [-0.2, 0) is 14.3 Å². The third kappa shape index (κ3) is 4.21. The summed E-state index contributed by atoms with van der Waals surface area (Å²) in [7, 11) is 3.18. The number of methoxy groups -OCH3 is 1. The van der Waals surface area contributed by atoms with Crippen molar-refractivity contribution >= 4 is 23.9 Å². The highest BCUT2D eigenvalue weighted by atomic mass is 16.5. The number of likely N-dealkylation sites (N-methyl/N-ethyl adjacent to an activating group) is 1. The Bertz CT molecular complexity index is 819. The van der Waals surface area contributed by atoms with Crippen LogP contribution in [0.3, 0.4) is 0 Å². The number of fused-ring (bicyclic) bond motifs is 1. The van der Waals surface area contributed by atoms with Crippen LogP contribution in [0.5, 0.6) is 0 Å². The first-order chi connectivity index (χ1) is 13.5. The van der Waals surface area contributed by atoms with Crippen molar-refractivity contribution in [2.24, 2.45) is 27.7 Å². The number of aldehydes is 1. The molecule has 3 atom stereocenters. The second kappa shape index (κ2) is 8.50. The molecule has 148 valence electrons. The standard InChI is InChI=1S/C22H27N3O3/c1-5-6-19-23-22(24-20(13-26)25(19)3)14(2)7-8-15-9-10-16(11-21(27)28-4)18-12-17(15)18/h5-6,10,13,15,17-18H,1-2,7-9,11-12H2,3-4H3/b19-6-. The van der Waals surface area contributed by atoms with Crippen molar-refractivity contribution in [3.8, 4) is 0 Å². The summed E-state index contributed by atoms with van der Waals surface area (Å²) in [6.07, 6.45) is 10.7. The Kier molecular flexibility index (Phi) is 6.07. The molecule has 0 amide bonds. The SMILES string of the molecule is C=C/C=C1/N=C(C(=C)CCC2CC=C(CC(=O)OC)C3CC23)N=C(C=O)N1C. The monoisotopic (exact) mass is 381 g/mol. The molecule has 1 heterocycles. The molecule has 1 saturated carbocycles. The van der Waals surface area contributed by atoms with Crippen molar-refractivity contribution in [2.75, 3.05) is 14.2 Å². The lowest BCUT2D eigenvalue weighted by atomic mass is 9.84. The zero-order chi connectivity index (χ0) is 20.3. The maximum absolute atomic E-state index is 11.5. The second-order valence-electron chi connectivity index (χ2n) is 7.52. The lowest BCUT2D eigenvalue weighted by Gasteiger charge is -2.24. The minimum absolute atomic E-state index is 0.156. The first kappa shape index (κ1) is 20.0. The lowest BCUT2D eigenvalue weighted by molar-refractivity contribution is -0.139. The number of ether oxygens (including phenoxy) is 1. The Morgan fingerprint density at radius 3 is 2.89 bits per heavy atom. The highest BCUT2D eigenvalue weighted by Crippen LogP contribution is 2.55. The van der Waals surface area contributed by atoms with Crippen molar-refractivity contribution in [3.05, 3.63) is 48.4 Å². The minimum atomic E-state index is -0.156. The molecular formula is C22H27N3O3. The predicted molar refractivity (Wildman–Crippen MR) is 110 cm³/mol. The highest BCUT2D eigenvalue weighted by molar-refractivity contribution is 6.31. The van der Waals surface area contributed by atoms with Crippen LogP contribution in [0, 0.1) is 17.8 Å². The fourth-order valence-corrected chi connectivity index (χ4v) is 4.06. The predicted octanol–water partition coefficient (Wildman–Crippen LogP) is 3.44. The number of aliphatic imine (C=N–C) groups is 2. The molecule has 0 bridgehead atoms. The number of carbonyl (C=O) groups is 2. The summed E-state index contributed by atoms with van der Waals surface area (Å²) >= 11 is 0. The molecule has 0 N–H and O–H groups in total. The van der Waals surface area contributed by atoms with Gasteiger partial charge in [0.15, 0.2) is 18.0 Å². The number of esters is 1. The van der Waals surface area contributed by atoms with Crippen LogP contribution in [0.4, 0.5) is 0 Å². The molecule has 0 aromatic rings. The summed E-state index contributed by atoms with van der Waals surface area (Å²) in [4.78, 5) is 33.3. The summed E-state index contributed by atoms with van der Waals surface area (Å²) in [6.45, 7) is 7.85. The van der Waals surface area contributed by atoms with Gasteiger partial charge in [-0.1, -0.05) is 30.9 Å². The molecule has 2 aliphatic carbocycles. The Morgan fingerprint density at radius 1 is 1.43 bits per heavy atom. The van der Waals surface area contributed by atoms with Gasteiger partial charge in [-0.25, -0.2) is 9.98 Å². The molecular weight excluding hydrogens is 354 g/mol. The topological polar surface area (TPSA) is 71.3 Å². The Morgan fingerprint density at radius 2 is 2.21 bits per heavy atom. The van der Waals surface area contributed by atoms with E-state index in [1.807, 2.05) is 0 Å². The summed E-state index contributed by atoms with van der Waals surface area (Å²) in [5, 5.41) is 0. The molecule has 3 rings (SSSR count). The molecule has 0 saturated heterocycles. The zero-order valence-electron chi connectivity index (χ0n) is 16.6. The molecule has 28 heavy (non-hydrogen) atoms. The van der Waals surface area contributed by atoms with E-state index in [9.17, 15) is 9.59 Å². The van der Waals surface area contributed by atoms with Gasteiger partial charge >= 0.3 is 5.97 Å². The smallest absolute Gasteiger partial charge is 0.309 e. The van der Waals surface area contributed by atoms with Crippen molar-refractivity contribution in [3.63, 3.8) is 0 Å². The van der Waals surface area contributed by atoms with Gasteiger partial charge in [-0.05, 0) is 55.1 Å². The fraction of sp³-hybridized carbons (Fsp3) is 0.455. The van der Waals surface area contributed by atoms with E-state index in [1.54, 1.807) is 24.1 Å². The van der Waals surface area contributed by atoms with Gasteiger partial charge in [0, 0.05) is 7.05 Å². The first-order valence-corrected chi connectivity index (χ1v) is 9.61. The summed E-state index contributed by atoms with van der Waals surface area (Å²) in [5.41, 5.74) is 2.08. The van der Waals surface area contributed by atoms with Crippen LogP contribution >= 0.6 is 0 Å². The third-order valence-corrected chi connectivity index (χ3v) is 5.81. The molecule has 6 heteroatoms. The molecule has 3 aliphatic rings. The first-order valence-electron chi connectivity index (χ1n) is 9.61. The largest absolute Gasteiger partial charge is 0.469 e. The van der Waals surface area contributed by atoms with E-state index in [0.717, 1.165) is 37.5 Å². The van der Waals surface area contributed by atoms with E-state index in [2.05, 4.69) is 29.2 Å². The van der Waals surface area contributed by atoms with Gasteiger partial charge < -0.3 is 9.64 Å². The van der Waals surface area contributed by atoms with Gasteiger partial charge in [0.05, 0.1) is 13.5 Å². The maximum atomic E-state index is 11.5. The normalized spacial score (nSPS) is 27.2. The van der Waals surface area contributed by atoms with Crippen molar-refractivity contribution in [1.82, 2.24) is 4.90 Å². The van der Waals surface area contributed by atoms with E-state index in [1.165, 1.54) is 12.7 Å². The third-order valence-electron chi connectivity index (χ3n) is 5.81. The van der Waals surface area contributed by atoms with Crippen LogP contribution in [0.15, 0.2) is 58.3 Å². The number of allylic oxidation sites excluding steroid dienone is 3. The minimum Gasteiger partial charge on any atom is -0.469 e. The summed E-state index contributed by atoms with van der Waals surface area (Å²) in [6, 6.07) is 0. The van der Waals surface area contributed by atoms with Crippen LogP contribution in [-0.4, -0.2) is 43.0 Å². The second-order valence-corrected chi connectivity index (χ2v) is 7.52. The number of amidine groups is 2. The Hall–Kier alpha value is -2.76. The molecule has 3 unspecified atom stereocenters. The molecule has 1 aliphatic heterocycles. The number of hydrogen-bond donors (Lipinski definition) is 0. The number of carbonyl (C=O) groups excluding carboxylic acids is 2.